The van der Waals surface area contributed by atoms with E-state index in [1.54, 1.807) is 31.2 Å². The van der Waals surface area contributed by atoms with Crippen LogP contribution in [0, 0.1) is 20.8 Å². The summed E-state index contributed by atoms with van der Waals surface area (Å²) in [4.78, 5) is 25.4. The lowest BCUT2D eigenvalue weighted by atomic mass is 10.1. The van der Waals surface area contributed by atoms with Gasteiger partial charge in [0.05, 0.1) is 17.4 Å². The van der Waals surface area contributed by atoms with Crippen LogP contribution in [0.25, 0.3) is 0 Å². The van der Waals surface area contributed by atoms with Crippen molar-refractivity contribution in [3.63, 3.8) is 0 Å². The molecule has 30 heavy (non-hydrogen) atoms. The first kappa shape index (κ1) is 21.8. The summed E-state index contributed by atoms with van der Waals surface area (Å²) in [5.41, 5.74) is 4.08. The number of rotatable bonds is 7. The first-order chi connectivity index (χ1) is 14.3. The quantitative estimate of drug-likeness (QED) is 0.725. The average molecular weight is 411 g/mol. The Morgan fingerprint density at radius 1 is 1.20 bits per heavy atom. The van der Waals surface area contributed by atoms with Crippen LogP contribution in [0.4, 0.5) is 5.69 Å². The fourth-order valence-electron chi connectivity index (χ4n) is 3.50. The van der Waals surface area contributed by atoms with Gasteiger partial charge in [-0.2, -0.15) is 0 Å². The van der Waals surface area contributed by atoms with Gasteiger partial charge >= 0.3 is 0 Å². The van der Waals surface area contributed by atoms with E-state index >= 15 is 0 Å². The minimum absolute atomic E-state index is 0.0603. The van der Waals surface area contributed by atoms with E-state index in [1.807, 2.05) is 26.8 Å². The summed E-state index contributed by atoms with van der Waals surface area (Å²) in [5, 5.41) is 5.73. The molecule has 0 saturated carbocycles. The standard InChI is InChI=1S/C24H30N2O4/c1-15-12-16(2)17(3)22(13-15)30-18(4)23(27)26-21-10-6-5-9-20(21)24(28)25-14-19-8-7-11-29-19/h5-6,9-10,12-13,18-19H,7-8,11,14H2,1-4H3,(H,25,28)(H,26,27)/t18-,19+/m0/s1. The molecule has 2 amide bonds. The minimum atomic E-state index is -0.715. The molecule has 2 atom stereocenters. The molecular weight excluding hydrogens is 380 g/mol. The normalized spacial score (nSPS) is 16.7. The molecule has 2 N–H and O–H groups in total. The molecule has 1 heterocycles. The Morgan fingerprint density at radius 3 is 2.70 bits per heavy atom. The van der Waals surface area contributed by atoms with E-state index in [0.29, 0.717) is 23.5 Å². The maximum Gasteiger partial charge on any atom is 0.265 e. The molecule has 0 aliphatic carbocycles. The molecule has 2 aromatic rings. The Hall–Kier alpha value is -2.86. The number of carbonyl (C=O) groups is 2. The third-order valence-electron chi connectivity index (χ3n) is 5.38. The molecule has 1 saturated heterocycles. The predicted molar refractivity (Wildman–Crippen MR) is 117 cm³/mol. The van der Waals surface area contributed by atoms with E-state index in [9.17, 15) is 9.59 Å². The molecule has 0 bridgehead atoms. The van der Waals surface area contributed by atoms with Crippen LogP contribution >= 0.6 is 0 Å². The lowest BCUT2D eigenvalue weighted by Gasteiger charge is -2.19. The van der Waals surface area contributed by atoms with Crippen LogP contribution in [-0.4, -0.2) is 37.2 Å². The van der Waals surface area contributed by atoms with Crippen LogP contribution in [0.3, 0.4) is 0 Å². The van der Waals surface area contributed by atoms with Gasteiger partial charge in [-0.05, 0) is 75.4 Å². The SMILES string of the molecule is Cc1cc(C)c(C)c(O[C@@H](C)C(=O)Nc2ccccc2C(=O)NC[C@H]2CCCO2)c1. The number of hydrogen-bond acceptors (Lipinski definition) is 4. The summed E-state index contributed by atoms with van der Waals surface area (Å²) in [7, 11) is 0. The third-order valence-corrected chi connectivity index (χ3v) is 5.38. The number of hydrogen-bond donors (Lipinski definition) is 2. The van der Waals surface area contributed by atoms with E-state index in [4.69, 9.17) is 9.47 Å². The van der Waals surface area contributed by atoms with Crippen molar-refractivity contribution in [1.82, 2.24) is 5.32 Å². The Morgan fingerprint density at radius 2 is 1.97 bits per heavy atom. The van der Waals surface area contributed by atoms with Gasteiger partial charge in [0.2, 0.25) is 0 Å². The van der Waals surface area contributed by atoms with Gasteiger partial charge in [0.25, 0.3) is 11.8 Å². The third kappa shape index (κ3) is 5.39. The second kappa shape index (κ2) is 9.76. The van der Waals surface area contributed by atoms with Crippen molar-refractivity contribution in [3.8, 4) is 5.75 Å². The van der Waals surface area contributed by atoms with Crippen LogP contribution in [0.15, 0.2) is 36.4 Å². The molecule has 0 unspecified atom stereocenters. The van der Waals surface area contributed by atoms with Gasteiger partial charge in [-0.25, -0.2) is 0 Å². The summed E-state index contributed by atoms with van der Waals surface area (Å²) < 4.78 is 11.5. The lowest BCUT2D eigenvalue weighted by molar-refractivity contribution is -0.122. The summed E-state index contributed by atoms with van der Waals surface area (Å²) >= 11 is 0. The molecule has 160 valence electrons. The average Bonchev–Trinajstić information content (AvgIpc) is 3.24. The van der Waals surface area contributed by atoms with Crippen LogP contribution in [0.1, 0.15) is 46.8 Å². The molecule has 2 aromatic carbocycles. The number of amides is 2. The fraction of sp³-hybridized carbons (Fsp3) is 0.417. The molecule has 3 rings (SSSR count). The number of anilines is 1. The highest BCUT2D eigenvalue weighted by molar-refractivity contribution is 6.04. The van der Waals surface area contributed by atoms with Crippen LogP contribution in [0.2, 0.25) is 0 Å². The van der Waals surface area contributed by atoms with E-state index < -0.39 is 6.10 Å². The summed E-state index contributed by atoms with van der Waals surface area (Å²) in [5.74, 6) is 0.144. The van der Waals surface area contributed by atoms with Crippen molar-refractivity contribution in [2.45, 2.75) is 52.7 Å². The topological polar surface area (TPSA) is 76.7 Å². The van der Waals surface area contributed by atoms with Gasteiger partial charge in [0.15, 0.2) is 6.10 Å². The lowest BCUT2D eigenvalue weighted by Crippen LogP contribution is -2.34. The van der Waals surface area contributed by atoms with Gasteiger partial charge in [-0.1, -0.05) is 18.2 Å². The largest absolute Gasteiger partial charge is 0.481 e. The molecule has 0 aromatic heterocycles. The summed E-state index contributed by atoms with van der Waals surface area (Å²) in [6.45, 7) is 8.90. The van der Waals surface area contributed by atoms with Gasteiger partial charge in [0, 0.05) is 13.2 Å². The Balaban J connectivity index is 1.65. The number of aryl methyl sites for hydroxylation is 2. The number of nitrogens with one attached hydrogen (secondary N) is 2. The summed E-state index contributed by atoms with van der Waals surface area (Å²) in [6, 6.07) is 11.0. The summed E-state index contributed by atoms with van der Waals surface area (Å²) in [6.07, 6.45) is 1.31. The van der Waals surface area contributed by atoms with Crippen molar-refractivity contribution in [2.75, 3.05) is 18.5 Å². The number of carbonyl (C=O) groups excluding carboxylic acids is 2. The Bertz CT molecular complexity index is 919. The van der Waals surface area contributed by atoms with Gasteiger partial charge in [0.1, 0.15) is 5.75 Å². The number of benzene rings is 2. The highest BCUT2D eigenvalue weighted by atomic mass is 16.5. The first-order valence-electron chi connectivity index (χ1n) is 10.4. The molecule has 0 radical (unpaired) electrons. The Labute approximate surface area is 178 Å². The van der Waals surface area contributed by atoms with Gasteiger partial charge in [-0.15, -0.1) is 0 Å². The van der Waals surface area contributed by atoms with Gasteiger partial charge < -0.3 is 20.1 Å². The fourth-order valence-corrected chi connectivity index (χ4v) is 3.50. The zero-order valence-electron chi connectivity index (χ0n) is 18.1. The van der Waals surface area contributed by atoms with E-state index in [1.165, 1.54) is 0 Å². The first-order valence-corrected chi connectivity index (χ1v) is 10.4. The molecule has 1 fully saturated rings. The van der Waals surface area contributed by atoms with Crippen LogP contribution in [0.5, 0.6) is 5.75 Å². The van der Waals surface area contributed by atoms with Crippen molar-refractivity contribution in [1.29, 1.82) is 0 Å². The maximum absolute atomic E-state index is 12.8. The number of ether oxygens (including phenoxy) is 2. The van der Waals surface area contributed by atoms with Crippen molar-refractivity contribution in [3.05, 3.63) is 58.7 Å². The molecule has 1 aliphatic heterocycles. The van der Waals surface area contributed by atoms with E-state index in [0.717, 1.165) is 36.1 Å². The van der Waals surface area contributed by atoms with E-state index in [2.05, 4.69) is 16.7 Å². The molecule has 6 nitrogen and oxygen atoms in total. The van der Waals surface area contributed by atoms with E-state index in [-0.39, 0.29) is 17.9 Å². The Kier molecular flexibility index (Phi) is 7.11. The van der Waals surface area contributed by atoms with Crippen LogP contribution < -0.4 is 15.4 Å². The van der Waals surface area contributed by atoms with Crippen molar-refractivity contribution in [2.24, 2.45) is 0 Å². The molecular formula is C24H30N2O4. The highest BCUT2D eigenvalue weighted by Gasteiger charge is 2.21. The van der Waals surface area contributed by atoms with Crippen molar-refractivity contribution >= 4 is 17.5 Å². The van der Waals surface area contributed by atoms with Crippen LogP contribution in [-0.2, 0) is 9.53 Å². The van der Waals surface area contributed by atoms with Crippen molar-refractivity contribution < 1.29 is 19.1 Å². The molecule has 0 spiro atoms. The maximum atomic E-state index is 12.8. The highest BCUT2D eigenvalue weighted by Crippen LogP contribution is 2.25. The predicted octanol–water partition coefficient (Wildman–Crippen LogP) is 3.93. The second-order valence-electron chi connectivity index (χ2n) is 7.84. The number of para-hydroxylation sites is 1. The second-order valence-corrected chi connectivity index (χ2v) is 7.84. The monoisotopic (exact) mass is 410 g/mol. The smallest absolute Gasteiger partial charge is 0.265 e. The minimum Gasteiger partial charge on any atom is -0.481 e. The zero-order chi connectivity index (χ0) is 21.7. The molecule has 6 heteroatoms. The van der Waals surface area contributed by atoms with Gasteiger partial charge in [-0.3, -0.25) is 9.59 Å². The molecule has 1 aliphatic rings. The zero-order valence-corrected chi connectivity index (χ0v) is 18.1.